The van der Waals surface area contributed by atoms with Crippen LogP contribution in [0.1, 0.15) is 26.0 Å². The van der Waals surface area contributed by atoms with E-state index in [1.807, 2.05) is 13.8 Å². The molecule has 0 saturated carbocycles. The third-order valence-corrected chi connectivity index (χ3v) is 5.14. The van der Waals surface area contributed by atoms with Crippen molar-refractivity contribution in [3.63, 3.8) is 0 Å². The molecule has 0 fully saturated rings. The number of hydrogen-bond acceptors (Lipinski definition) is 5. The zero-order valence-corrected chi connectivity index (χ0v) is 18.7. The molecule has 8 heteroatoms. The van der Waals surface area contributed by atoms with Crippen molar-refractivity contribution in [1.29, 1.82) is 0 Å². The van der Waals surface area contributed by atoms with Crippen molar-refractivity contribution in [3.05, 3.63) is 63.5 Å². The summed E-state index contributed by atoms with van der Waals surface area (Å²) in [5.41, 5.74) is 1.29. The summed E-state index contributed by atoms with van der Waals surface area (Å²) in [7, 11) is 0. The number of carbonyl (C=O) groups is 2. The van der Waals surface area contributed by atoms with E-state index in [0.29, 0.717) is 45.0 Å². The third-order valence-electron chi connectivity index (χ3n) is 4.88. The van der Waals surface area contributed by atoms with Gasteiger partial charge in [0.15, 0.2) is 6.61 Å². The molecule has 32 heavy (non-hydrogen) atoms. The predicted octanol–water partition coefficient (Wildman–Crippen LogP) is 4.42. The van der Waals surface area contributed by atoms with Crippen LogP contribution < -0.4 is 15.5 Å². The van der Waals surface area contributed by atoms with Crippen molar-refractivity contribution in [2.24, 2.45) is 5.92 Å². The van der Waals surface area contributed by atoms with E-state index in [1.165, 1.54) is 6.07 Å². The number of rotatable bonds is 8. The Morgan fingerprint density at radius 3 is 2.47 bits per heavy atom. The largest absolute Gasteiger partial charge is 0.484 e. The molecular formula is C24H24ClNO6. The van der Waals surface area contributed by atoms with E-state index < -0.39 is 17.9 Å². The Morgan fingerprint density at radius 1 is 1.16 bits per heavy atom. The molecule has 0 aliphatic carbocycles. The molecule has 2 aromatic carbocycles. The lowest BCUT2D eigenvalue weighted by Crippen LogP contribution is -2.43. The molecule has 1 unspecified atom stereocenters. The second-order valence-electron chi connectivity index (χ2n) is 7.90. The number of carbonyl (C=O) groups excluding carboxylic acids is 1. The highest BCUT2D eigenvalue weighted by molar-refractivity contribution is 6.30. The first-order valence-electron chi connectivity index (χ1n) is 10.1. The lowest BCUT2D eigenvalue weighted by Gasteiger charge is -2.16. The number of carboxylic acids is 1. The van der Waals surface area contributed by atoms with Gasteiger partial charge in [-0.15, -0.1) is 0 Å². The molecular weight excluding hydrogens is 434 g/mol. The monoisotopic (exact) mass is 457 g/mol. The summed E-state index contributed by atoms with van der Waals surface area (Å²) in [6, 6.07) is 10.6. The lowest BCUT2D eigenvalue weighted by atomic mass is 10.0. The van der Waals surface area contributed by atoms with E-state index in [-0.39, 0.29) is 18.0 Å². The van der Waals surface area contributed by atoms with Gasteiger partial charge in [-0.2, -0.15) is 0 Å². The Balaban J connectivity index is 1.78. The van der Waals surface area contributed by atoms with Gasteiger partial charge in [0.25, 0.3) is 5.91 Å². The van der Waals surface area contributed by atoms with E-state index in [0.717, 1.165) is 0 Å². The lowest BCUT2D eigenvalue weighted by molar-refractivity contribution is -0.142. The summed E-state index contributed by atoms with van der Waals surface area (Å²) < 4.78 is 11.3. The number of benzene rings is 2. The summed E-state index contributed by atoms with van der Waals surface area (Å²) in [5.74, 6) is -0.759. The number of amides is 1. The number of fused-ring (bicyclic) bond motifs is 1. The minimum absolute atomic E-state index is 0.113. The maximum Gasteiger partial charge on any atom is 0.326 e. The fourth-order valence-electron chi connectivity index (χ4n) is 3.40. The van der Waals surface area contributed by atoms with Crippen molar-refractivity contribution in [2.75, 3.05) is 6.61 Å². The molecule has 7 nitrogen and oxygen atoms in total. The van der Waals surface area contributed by atoms with Crippen LogP contribution in [0.4, 0.5) is 0 Å². The molecule has 1 amide bonds. The molecule has 3 rings (SSSR count). The molecule has 2 N–H and O–H groups in total. The van der Waals surface area contributed by atoms with Crippen LogP contribution in [0.15, 0.2) is 51.7 Å². The van der Waals surface area contributed by atoms with Crippen LogP contribution >= 0.6 is 11.6 Å². The number of aliphatic carboxylic acids is 1. The van der Waals surface area contributed by atoms with Gasteiger partial charge in [0.2, 0.25) is 5.43 Å². The molecule has 1 atom stereocenters. The van der Waals surface area contributed by atoms with E-state index in [9.17, 15) is 19.5 Å². The van der Waals surface area contributed by atoms with Gasteiger partial charge in [-0.1, -0.05) is 37.6 Å². The molecule has 1 aromatic heterocycles. The van der Waals surface area contributed by atoms with Crippen LogP contribution in [0, 0.1) is 12.8 Å². The van der Waals surface area contributed by atoms with Crippen molar-refractivity contribution in [3.8, 4) is 16.9 Å². The average Bonchev–Trinajstić information content (AvgIpc) is 2.72. The molecule has 0 saturated heterocycles. The van der Waals surface area contributed by atoms with Gasteiger partial charge in [-0.05, 0) is 49.1 Å². The standard InChI is InChI=1S/C24H24ClNO6/c1-13(2)10-19(24(29)30)26-21(27)12-31-17-8-9-18-20(11-17)32-14(3)22(23(18)28)15-4-6-16(25)7-5-15/h4-9,11,13,19H,10,12H2,1-3H3,(H,26,27)(H,29,30). The Bertz CT molecular complexity index is 1200. The SMILES string of the molecule is Cc1oc2cc(OCC(=O)NC(CC(C)C)C(=O)O)ccc2c(=O)c1-c1ccc(Cl)cc1. The molecule has 0 bridgehead atoms. The maximum absolute atomic E-state index is 13.0. The second kappa shape index (κ2) is 9.87. The minimum Gasteiger partial charge on any atom is -0.484 e. The van der Waals surface area contributed by atoms with E-state index >= 15 is 0 Å². The first-order chi connectivity index (χ1) is 15.2. The van der Waals surface area contributed by atoms with Crippen LogP contribution in [0.5, 0.6) is 5.75 Å². The van der Waals surface area contributed by atoms with E-state index in [4.69, 9.17) is 20.8 Å². The smallest absolute Gasteiger partial charge is 0.326 e. The van der Waals surface area contributed by atoms with E-state index in [2.05, 4.69) is 5.32 Å². The third kappa shape index (κ3) is 5.48. The summed E-state index contributed by atoms with van der Waals surface area (Å²) in [6.07, 6.45) is 0.317. The Kier molecular flexibility index (Phi) is 7.20. The van der Waals surface area contributed by atoms with Gasteiger partial charge >= 0.3 is 5.97 Å². The maximum atomic E-state index is 13.0. The van der Waals surface area contributed by atoms with E-state index in [1.54, 1.807) is 43.3 Å². The topological polar surface area (TPSA) is 106 Å². The number of aryl methyl sites for hydroxylation is 1. The van der Waals surface area contributed by atoms with Gasteiger partial charge in [0.1, 0.15) is 23.1 Å². The first-order valence-corrected chi connectivity index (χ1v) is 10.5. The molecule has 0 aliphatic heterocycles. The summed E-state index contributed by atoms with van der Waals surface area (Å²) in [4.78, 5) is 36.5. The molecule has 0 radical (unpaired) electrons. The number of halogens is 1. The highest BCUT2D eigenvalue weighted by Gasteiger charge is 2.21. The van der Waals surface area contributed by atoms with Crippen LogP contribution in [0.2, 0.25) is 5.02 Å². The number of hydrogen-bond donors (Lipinski definition) is 2. The fourth-order valence-corrected chi connectivity index (χ4v) is 3.53. The van der Waals surface area contributed by atoms with Crippen LogP contribution in [-0.2, 0) is 9.59 Å². The number of ether oxygens (including phenoxy) is 1. The average molecular weight is 458 g/mol. The summed E-state index contributed by atoms with van der Waals surface area (Å²) in [5, 5.41) is 12.6. The fraction of sp³-hybridized carbons (Fsp3) is 0.292. The van der Waals surface area contributed by atoms with Crippen LogP contribution in [-0.4, -0.2) is 29.6 Å². The summed E-state index contributed by atoms with van der Waals surface area (Å²) >= 11 is 5.94. The van der Waals surface area contributed by atoms with Gasteiger partial charge in [0, 0.05) is 11.1 Å². The molecule has 168 valence electrons. The van der Waals surface area contributed by atoms with Crippen molar-refractivity contribution in [2.45, 2.75) is 33.2 Å². The van der Waals surface area contributed by atoms with Crippen LogP contribution in [0.3, 0.4) is 0 Å². The van der Waals surface area contributed by atoms with Gasteiger partial charge < -0.3 is 19.6 Å². The zero-order chi connectivity index (χ0) is 23.4. The summed E-state index contributed by atoms with van der Waals surface area (Å²) in [6.45, 7) is 5.09. The predicted molar refractivity (Wildman–Crippen MR) is 122 cm³/mol. The minimum atomic E-state index is -1.09. The molecule has 3 aromatic rings. The van der Waals surface area contributed by atoms with Crippen LogP contribution in [0.25, 0.3) is 22.1 Å². The Labute approximate surface area is 190 Å². The van der Waals surface area contributed by atoms with Gasteiger partial charge in [-0.25, -0.2) is 4.79 Å². The van der Waals surface area contributed by atoms with Crippen molar-refractivity contribution < 1.29 is 23.8 Å². The van der Waals surface area contributed by atoms with Crippen molar-refractivity contribution >= 4 is 34.4 Å². The first kappa shape index (κ1) is 23.3. The quantitative estimate of drug-likeness (QED) is 0.518. The number of nitrogens with one attached hydrogen (secondary N) is 1. The second-order valence-corrected chi connectivity index (χ2v) is 8.34. The Hall–Kier alpha value is -3.32. The van der Waals surface area contributed by atoms with Gasteiger partial charge in [0.05, 0.1) is 10.9 Å². The normalized spacial score (nSPS) is 12.0. The molecule has 0 aliphatic rings. The Morgan fingerprint density at radius 2 is 1.84 bits per heavy atom. The molecule has 0 spiro atoms. The van der Waals surface area contributed by atoms with Gasteiger partial charge in [-0.3, -0.25) is 9.59 Å². The highest BCUT2D eigenvalue weighted by atomic mass is 35.5. The van der Waals surface area contributed by atoms with Crippen molar-refractivity contribution in [1.82, 2.24) is 5.32 Å². The highest BCUT2D eigenvalue weighted by Crippen LogP contribution is 2.27. The molecule has 1 heterocycles. The number of carboxylic acid groups (broad SMARTS) is 1. The zero-order valence-electron chi connectivity index (χ0n) is 18.0.